The van der Waals surface area contributed by atoms with Gasteiger partial charge in [-0.3, -0.25) is 4.79 Å². The minimum Gasteiger partial charge on any atom is -0.393 e. The van der Waals surface area contributed by atoms with E-state index in [-0.39, 0.29) is 11.8 Å². The van der Waals surface area contributed by atoms with Crippen molar-refractivity contribution in [3.63, 3.8) is 0 Å². The van der Waals surface area contributed by atoms with Crippen LogP contribution in [0.5, 0.6) is 0 Å². The molecule has 0 aliphatic rings. The highest BCUT2D eigenvalue weighted by Gasteiger charge is 2.13. The molecular weight excluding hydrogens is 302 g/mol. The van der Waals surface area contributed by atoms with Gasteiger partial charge in [0.15, 0.2) is 5.69 Å². The topological polar surface area (TPSA) is 67.2 Å². The van der Waals surface area contributed by atoms with Gasteiger partial charge in [0, 0.05) is 12.7 Å². The average molecular weight is 322 g/mol. The van der Waals surface area contributed by atoms with E-state index in [1.807, 2.05) is 32.0 Å². The first-order valence-electron chi connectivity index (χ1n) is 7.26. The number of rotatable bonds is 6. The van der Waals surface area contributed by atoms with Gasteiger partial charge in [-0.2, -0.15) is 5.10 Å². The predicted molar refractivity (Wildman–Crippen MR) is 86.4 cm³/mol. The van der Waals surface area contributed by atoms with E-state index < -0.39 is 6.10 Å². The number of nitrogens with zero attached hydrogens (tertiary/aromatic N) is 2. The van der Waals surface area contributed by atoms with Gasteiger partial charge in [-0.05, 0) is 30.5 Å². The normalized spacial score (nSPS) is 12.4. The first kappa shape index (κ1) is 16.5. The number of aliphatic hydroxyl groups is 1. The van der Waals surface area contributed by atoms with Gasteiger partial charge in [-0.15, -0.1) is 0 Å². The molecule has 2 aromatic rings. The Balaban J connectivity index is 1.97. The van der Waals surface area contributed by atoms with Crippen LogP contribution >= 0.6 is 11.6 Å². The maximum Gasteiger partial charge on any atom is 0.271 e. The lowest BCUT2D eigenvalue weighted by Gasteiger charge is -2.14. The fourth-order valence-corrected chi connectivity index (χ4v) is 2.20. The van der Waals surface area contributed by atoms with Gasteiger partial charge in [0.25, 0.3) is 5.91 Å². The molecule has 0 aliphatic heterocycles. The van der Waals surface area contributed by atoms with E-state index in [9.17, 15) is 9.90 Å². The van der Waals surface area contributed by atoms with Crippen molar-refractivity contribution in [1.82, 2.24) is 15.1 Å². The first-order valence-corrected chi connectivity index (χ1v) is 7.63. The lowest BCUT2D eigenvalue weighted by Crippen LogP contribution is -2.29. The summed E-state index contributed by atoms with van der Waals surface area (Å²) in [6, 6.07) is 8.93. The molecule has 5 nitrogen and oxygen atoms in total. The van der Waals surface area contributed by atoms with Crippen LogP contribution in [0.4, 0.5) is 0 Å². The Bertz CT molecular complexity index is 640. The van der Waals surface area contributed by atoms with E-state index in [0.29, 0.717) is 23.7 Å². The van der Waals surface area contributed by atoms with Gasteiger partial charge in [-0.1, -0.05) is 37.6 Å². The third-order valence-electron chi connectivity index (χ3n) is 3.42. The second-order valence-electron chi connectivity index (χ2n) is 5.45. The van der Waals surface area contributed by atoms with Crippen LogP contribution in [0.2, 0.25) is 5.02 Å². The van der Waals surface area contributed by atoms with Crippen LogP contribution in [0.15, 0.2) is 36.5 Å². The molecule has 1 aromatic carbocycles. The fourth-order valence-electron chi connectivity index (χ4n) is 1.97. The summed E-state index contributed by atoms with van der Waals surface area (Å²) in [6.07, 6.45) is 1.80. The highest BCUT2D eigenvalue weighted by molar-refractivity contribution is 6.32. The van der Waals surface area contributed by atoms with Gasteiger partial charge in [-0.25, -0.2) is 4.68 Å². The molecule has 118 valence electrons. The second kappa shape index (κ2) is 7.42. The summed E-state index contributed by atoms with van der Waals surface area (Å²) in [5.74, 6) is -0.0851. The Labute approximate surface area is 134 Å². The zero-order valence-corrected chi connectivity index (χ0v) is 13.4. The molecule has 0 aliphatic carbocycles. The highest BCUT2D eigenvalue weighted by atomic mass is 35.5. The van der Waals surface area contributed by atoms with Crippen molar-refractivity contribution >= 4 is 17.5 Å². The molecule has 1 unspecified atom stereocenters. The number of halogens is 1. The standard InChI is InChI=1S/C16H20ClN3O2/c1-11(2)15(21)7-9-18-16(22)13-8-10-20(19-13)14-6-4-3-5-12(14)17/h3-6,8,10-11,15,21H,7,9H2,1-2H3,(H,18,22). The van der Waals surface area contributed by atoms with E-state index in [0.717, 1.165) is 5.69 Å². The van der Waals surface area contributed by atoms with Crippen molar-refractivity contribution in [3.05, 3.63) is 47.2 Å². The summed E-state index contributed by atoms with van der Waals surface area (Å²) in [5.41, 5.74) is 1.04. The smallest absolute Gasteiger partial charge is 0.271 e. The average Bonchev–Trinajstić information content (AvgIpc) is 2.97. The number of benzene rings is 1. The molecule has 1 amide bonds. The molecule has 22 heavy (non-hydrogen) atoms. The molecular formula is C16H20ClN3O2. The van der Waals surface area contributed by atoms with Crippen molar-refractivity contribution < 1.29 is 9.90 Å². The number of aromatic nitrogens is 2. The molecule has 2 N–H and O–H groups in total. The highest BCUT2D eigenvalue weighted by Crippen LogP contribution is 2.19. The SMILES string of the molecule is CC(C)C(O)CCNC(=O)c1ccn(-c2ccccc2Cl)n1. The molecule has 6 heteroatoms. The van der Waals surface area contributed by atoms with E-state index in [1.165, 1.54) is 0 Å². The summed E-state index contributed by atoms with van der Waals surface area (Å²) in [6.45, 7) is 4.30. The molecule has 0 fully saturated rings. The lowest BCUT2D eigenvalue weighted by molar-refractivity contribution is 0.0915. The van der Waals surface area contributed by atoms with Gasteiger partial charge < -0.3 is 10.4 Å². The van der Waals surface area contributed by atoms with E-state index >= 15 is 0 Å². The van der Waals surface area contributed by atoms with Gasteiger partial charge in [0.2, 0.25) is 0 Å². The molecule has 2 rings (SSSR count). The Hall–Kier alpha value is -1.85. The van der Waals surface area contributed by atoms with Crippen LogP contribution in [0.25, 0.3) is 5.69 Å². The Morgan fingerprint density at radius 3 is 2.77 bits per heavy atom. The monoisotopic (exact) mass is 321 g/mol. The van der Waals surface area contributed by atoms with Crippen molar-refractivity contribution in [2.45, 2.75) is 26.4 Å². The molecule has 0 radical (unpaired) electrons. The maximum atomic E-state index is 12.0. The number of carbonyl (C=O) groups excluding carboxylic acids is 1. The van der Waals surface area contributed by atoms with Crippen LogP contribution in [-0.4, -0.2) is 33.4 Å². The molecule has 1 heterocycles. The van der Waals surface area contributed by atoms with E-state index in [4.69, 9.17) is 11.6 Å². The molecule has 0 spiro atoms. The second-order valence-corrected chi connectivity index (χ2v) is 5.86. The summed E-state index contributed by atoms with van der Waals surface area (Å²) >= 11 is 6.11. The Morgan fingerprint density at radius 1 is 1.36 bits per heavy atom. The predicted octanol–water partition coefficient (Wildman–Crippen LogP) is 2.66. The Kier molecular flexibility index (Phi) is 5.57. The van der Waals surface area contributed by atoms with Gasteiger partial charge in [0.05, 0.1) is 16.8 Å². The number of carbonyl (C=O) groups is 1. The van der Waals surface area contributed by atoms with Crippen LogP contribution < -0.4 is 5.32 Å². The van der Waals surface area contributed by atoms with Gasteiger partial charge >= 0.3 is 0 Å². The quantitative estimate of drug-likeness (QED) is 0.859. The zero-order valence-electron chi connectivity index (χ0n) is 12.7. The molecule has 0 saturated carbocycles. The lowest BCUT2D eigenvalue weighted by atomic mass is 10.0. The number of aliphatic hydroxyl groups excluding tert-OH is 1. The van der Waals surface area contributed by atoms with Crippen LogP contribution in [-0.2, 0) is 0 Å². The third-order valence-corrected chi connectivity index (χ3v) is 3.74. The van der Waals surface area contributed by atoms with Crippen molar-refractivity contribution in [2.75, 3.05) is 6.54 Å². The van der Waals surface area contributed by atoms with Crippen LogP contribution in [0, 0.1) is 5.92 Å². The van der Waals surface area contributed by atoms with Crippen LogP contribution in [0.3, 0.4) is 0 Å². The third kappa shape index (κ3) is 4.08. The molecule has 0 saturated heterocycles. The van der Waals surface area contributed by atoms with Crippen molar-refractivity contribution in [1.29, 1.82) is 0 Å². The Morgan fingerprint density at radius 2 is 2.09 bits per heavy atom. The summed E-state index contributed by atoms with van der Waals surface area (Å²) in [5, 5.41) is 17.3. The number of nitrogens with one attached hydrogen (secondary N) is 1. The van der Waals surface area contributed by atoms with Crippen molar-refractivity contribution in [3.8, 4) is 5.69 Å². The largest absolute Gasteiger partial charge is 0.393 e. The summed E-state index contributed by atoms with van der Waals surface area (Å²) < 4.78 is 1.57. The number of para-hydroxylation sites is 1. The number of hydrogen-bond donors (Lipinski definition) is 2. The minimum atomic E-state index is -0.416. The zero-order chi connectivity index (χ0) is 16.1. The molecule has 1 aromatic heterocycles. The molecule has 0 bridgehead atoms. The summed E-state index contributed by atoms with van der Waals surface area (Å²) in [7, 11) is 0. The number of amides is 1. The van der Waals surface area contributed by atoms with E-state index in [2.05, 4.69) is 10.4 Å². The van der Waals surface area contributed by atoms with Gasteiger partial charge in [0.1, 0.15) is 0 Å². The maximum absolute atomic E-state index is 12.0. The fraction of sp³-hybridized carbons (Fsp3) is 0.375. The summed E-state index contributed by atoms with van der Waals surface area (Å²) in [4.78, 5) is 12.0. The minimum absolute atomic E-state index is 0.177. The molecule has 1 atom stereocenters. The van der Waals surface area contributed by atoms with Crippen LogP contribution in [0.1, 0.15) is 30.8 Å². The van der Waals surface area contributed by atoms with E-state index in [1.54, 1.807) is 23.0 Å². The number of hydrogen-bond acceptors (Lipinski definition) is 3. The van der Waals surface area contributed by atoms with Crippen molar-refractivity contribution in [2.24, 2.45) is 5.92 Å². The first-order chi connectivity index (χ1) is 10.5.